The summed E-state index contributed by atoms with van der Waals surface area (Å²) in [4.78, 5) is 20.4. The van der Waals surface area contributed by atoms with Gasteiger partial charge in [-0.25, -0.2) is 4.79 Å². The minimum absolute atomic E-state index is 0.589. The molecule has 0 saturated carbocycles. The summed E-state index contributed by atoms with van der Waals surface area (Å²) >= 11 is 0. The SMILES string of the molecule is O=C(O)c1cccc([N+](=O)[O-])c1NCC(F)(F)F. The average molecular weight is 264 g/mol. The number of benzene rings is 1. The standard InChI is InChI=1S/C9H7F3N2O4/c10-9(11,12)4-13-7-5(8(15)16)2-1-3-6(7)14(17)18/h1-3,13H,4H2,(H,15,16). The van der Waals surface area contributed by atoms with E-state index in [1.165, 1.54) is 0 Å². The van der Waals surface area contributed by atoms with E-state index >= 15 is 0 Å². The molecule has 0 fully saturated rings. The Kier molecular flexibility index (Phi) is 3.74. The monoisotopic (exact) mass is 264 g/mol. The first-order chi connectivity index (χ1) is 8.22. The number of para-hydroxylation sites is 1. The minimum atomic E-state index is -4.61. The molecular formula is C9H7F3N2O4. The quantitative estimate of drug-likeness (QED) is 0.642. The largest absolute Gasteiger partial charge is 0.478 e. The van der Waals surface area contributed by atoms with Crippen LogP contribution in [0.25, 0.3) is 0 Å². The summed E-state index contributed by atoms with van der Waals surface area (Å²) in [6.45, 7) is -1.56. The molecule has 0 bridgehead atoms. The lowest BCUT2D eigenvalue weighted by molar-refractivity contribution is -0.384. The maximum atomic E-state index is 12.0. The summed E-state index contributed by atoms with van der Waals surface area (Å²) in [7, 11) is 0. The molecule has 0 spiro atoms. The van der Waals surface area contributed by atoms with Crippen LogP contribution >= 0.6 is 0 Å². The van der Waals surface area contributed by atoms with Gasteiger partial charge < -0.3 is 10.4 Å². The van der Waals surface area contributed by atoms with Gasteiger partial charge in [0.25, 0.3) is 5.69 Å². The van der Waals surface area contributed by atoms with Crippen molar-refractivity contribution in [3.8, 4) is 0 Å². The van der Waals surface area contributed by atoms with Crippen molar-refractivity contribution in [2.75, 3.05) is 11.9 Å². The third-order valence-electron chi connectivity index (χ3n) is 1.94. The van der Waals surface area contributed by atoms with E-state index in [1.807, 2.05) is 0 Å². The fourth-order valence-corrected chi connectivity index (χ4v) is 1.24. The second kappa shape index (κ2) is 4.90. The van der Waals surface area contributed by atoms with Crippen molar-refractivity contribution < 1.29 is 28.0 Å². The van der Waals surface area contributed by atoms with Crippen LogP contribution in [0.2, 0.25) is 0 Å². The number of carbonyl (C=O) groups is 1. The van der Waals surface area contributed by atoms with Crippen molar-refractivity contribution in [1.29, 1.82) is 0 Å². The van der Waals surface area contributed by atoms with Crippen molar-refractivity contribution >= 4 is 17.3 Å². The summed E-state index contributed by atoms with van der Waals surface area (Å²) in [6.07, 6.45) is -4.61. The third-order valence-corrected chi connectivity index (χ3v) is 1.94. The van der Waals surface area contributed by atoms with Crippen molar-refractivity contribution in [2.24, 2.45) is 0 Å². The van der Waals surface area contributed by atoms with E-state index in [0.717, 1.165) is 18.2 Å². The number of alkyl halides is 3. The number of carboxylic acid groups (broad SMARTS) is 1. The number of hydrogen-bond acceptors (Lipinski definition) is 4. The van der Waals surface area contributed by atoms with Gasteiger partial charge in [0.1, 0.15) is 12.2 Å². The molecular weight excluding hydrogens is 257 g/mol. The van der Waals surface area contributed by atoms with Crippen LogP contribution in [0.4, 0.5) is 24.5 Å². The molecule has 0 atom stereocenters. The lowest BCUT2D eigenvalue weighted by atomic mass is 10.1. The molecule has 0 radical (unpaired) electrons. The van der Waals surface area contributed by atoms with Crippen LogP contribution < -0.4 is 5.32 Å². The maximum Gasteiger partial charge on any atom is 0.405 e. The topological polar surface area (TPSA) is 92.5 Å². The number of carboxylic acids is 1. The van der Waals surface area contributed by atoms with Gasteiger partial charge >= 0.3 is 12.1 Å². The Bertz CT molecular complexity index is 455. The van der Waals surface area contributed by atoms with Crippen LogP contribution in [-0.2, 0) is 0 Å². The molecule has 1 aromatic rings. The Hall–Kier alpha value is -2.32. The Morgan fingerprint density at radius 3 is 2.50 bits per heavy atom. The second-order valence-electron chi connectivity index (χ2n) is 3.23. The van der Waals surface area contributed by atoms with Crippen LogP contribution in [0.3, 0.4) is 0 Å². The molecule has 1 rings (SSSR count). The number of anilines is 1. The first kappa shape index (κ1) is 13.7. The van der Waals surface area contributed by atoms with E-state index in [0.29, 0.717) is 0 Å². The molecule has 0 saturated heterocycles. The first-order valence-corrected chi connectivity index (χ1v) is 4.53. The maximum absolute atomic E-state index is 12.0. The molecule has 18 heavy (non-hydrogen) atoms. The van der Waals surface area contributed by atoms with Gasteiger partial charge in [0.05, 0.1) is 10.5 Å². The minimum Gasteiger partial charge on any atom is -0.478 e. The van der Waals surface area contributed by atoms with Crippen LogP contribution in [0.5, 0.6) is 0 Å². The third kappa shape index (κ3) is 3.34. The first-order valence-electron chi connectivity index (χ1n) is 4.53. The second-order valence-corrected chi connectivity index (χ2v) is 3.23. The zero-order valence-electron chi connectivity index (χ0n) is 8.69. The Morgan fingerprint density at radius 1 is 1.44 bits per heavy atom. The van der Waals surface area contributed by atoms with Gasteiger partial charge in [-0.15, -0.1) is 0 Å². The Balaban J connectivity index is 3.19. The number of nitro groups is 1. The highest BCUT2D eigenvalue weighted by Gasteiger charge is 2.30. The van der Waals surface area contributed by atoms with Crippen molar-refractivity contribution in [1.82, 2.24) is 0 Å². The van der Waals surface area contributed by atoms with E-state index in [9.17, 15) is 28.1 Å². The average Bonchev–Trinajstić information content (AvgIpc) is 2.24. The lowest BCUT2D eigenvalue weighted by Gasteiger charge is -2.11. The van der Waals surface area contributed by atoms with Crippen molar-refractivity contribution in [2.45, 2.75) is 6.18 Å². The molecule has 0 amide bonds. The summed E-state index contributed by atoms with van der Waals surface area (Å²) in [5.74, 6) is -1.55. The summed E-state index contributed by atoms with van der Waals surface area (Å²) in [5.41, 5.74) is -1.97. The van der Waals surface area contributed by atoms with E-state index < -0.39 is 40.6 Å². The van der Waals surface area contributed by atoms with Gasteiger partial charge in [0.15, 0.2) is 0 Å². The van der Waals surface area contributed by atoms with Crippen LogP contribution in [0.1, 0.15) is 10.4 Å². The molecule has 6 nitrogen and oxygen atoms in total. The van der Waals surface area contributed by atoms with E-state index in [1.54, 1.807) is 5.32 Å². The molecule has 2 N–H and O–H groups in total. The molecule has 0 aliphatic heterocycles. The number of rotatable bonds is 4. The van der Waals surface area contributed by atoms with E-state index in [4.69, 9.17) is 5.11 Å². The fourth-order valence-electron chi connectivity index (χ4n) is 1.24. The van der Waals surface area contributed by atoms with Crippen LogP contribution in [0.15, 0.2) is 18.2 Å². The highest BCUT2D eigenvalue weighted by atomic mass is 19.4. The number of halogens is 3. The number of hydrogen-bond donors (Lipinski definition) is 2. The van der Waals surface area contributed by atoms with Gasteiger partial charge in [-0.1, -0.05) is 6.07 Å². The molecule has 0 aliphatic carbocycles. The molecule has 0 heterocycles. The van der Waals surface area contributed by atoms with Gasteiger partial charge in [0.2, 0.25) is 0 Å². The Labute approximate surface area is 98.2 Å². The molecule has 0 unspecified atom stereocenters. The van der Waals surface area contributed by atoms with Crippen LogP contribution in [0, 0.1) is 10.1 Å². The van der Waals surface area contributed by atoms with Crippen molar-refractivity contribution in [3.05, 3.63) is 33.9 Å². The van der Waals surface area contributed by atoms with Crippen LogP contribution in [-0.4, -0.2) is 28.7 Å². The van der Waals surface area contributed by atoms with Gasteiger partial charge in [-0.05, 0) is 6.07 Å². The Morgan fingerprint density at radius 2 is 2.06 bits per heavy atom. The van der Waals surface area contributed by atoms with E-state index in [-0.39, 0.29) is 0 Å². The predicted octanol–water partition coefficient (Wildman–Crippen LogP) is 2.27. The fraction of sp³-hybridized carbons (Fsp3) is 0.222. The number of nitro benzene ring substituents is 1. The molecule has 0 aliphatic rings. The van der Waals surface area contributed by atoms with Gasteiger partial charge in [0, 0.05) is 6.07 Å². The number of nitrogens with one attached hydrogen (secondary N) is 1. The van der Waals surface area contributed by atoms with Crippen molar-refractivity contribution in [3.63, 3.8) is 0 Å². The predicted molar refractivity (Wildman–Crippen MR) is 54.6 cm³/mol. The highest BCUT2D eigenvalue weighted by molar-refractivity contribution is 5.96. The zero-order valence-corrected chi connectivity index (χ0v) is 8.69. The molecule has 9 heteroatoms. The highest BCUT2D eigenvalue weighted by Crippen LogP contribution is 2.29. The molecule has 98 valence electrons. The smallest absolute Gasteiger partial charge is 0.405 e. The molecule has 0 aromatic heterocycles. The number of aromatic carboxylic acids is 1. The lowest BCUT2D eigenvalue weighted by Crippen LogP contribution is -2.23. The number of nitrogens with zero attached hydrogens (tertiary/aromatic N) is 1. The summed E-state index contributed by atoms with van der Waals surface area (Å²) in [5, 5.41) is 21.1. The zero-order chi connectivity index (χ0) is 13.9. The van der Waals surface area contributed by atoms with Gasteiger partial charge in [-0.2, -0.15) is 13.2 Å². The summed E-state index contributed by atoms with van der Waals surface area (Å²) < 4.78 is 36.1. The summed E-state index contributed by atoms with van der Waals surface area (Å²) in [6, 6.07) is 2.99. The molecule has 1 aromatic carbocycles. The normalized spacial score (nSPS) is 11.1. The van der Waals surface area contributed by atoms with E-state index in [2.05, 4.69) is 0 Å². The van der Waals surface area contributed by atoms with Gasteiger partial charge in [-0.3, -0.25) is 10.1 Å².